The Morgan fingerprint density at radius 3 is 2.71 bits per heavy atom. The molecule has 0 amide bonds. The van der Waals surface area contributed by atoms with Crippen LogP contribution in [0.5, 0.6) is 0 Å². The summed E-state index contributed by atoms with van der Waals surface area (Å²) in [4.78, 5) is 2.10. The fourth-order valence-electron chi connectivity index (χ4n) is 2.35. The molecule has 1 N–H and O–H groups in total. The van der Waals surface area contributed by atoms with E-state index < -0.39 is 0 Å². The van der Waals surface area contributed by atoms with Gasteiger partial charge in [-0.2, -0.15) is 0 Å². The molecule has 0 aliphatic heterocycles. The van der Waals surface area contributed by atoms with Crippen LogP contribution in [0.1, 0.15) is 30.9 Å². The van der Waals surface area contributed by atoms with Crippen molar-refractivity contribution in [2.45, 2.75) is 33.9 Å². The van der Waals surface area contributed by atoms with Crippen LogP contribution in [0.25, 0.3) is 0 Å². The standard InChI is InChI=1S/C17H23FN2O/c1-4-19-11-14-9-17(21-13(14)3)12-20(5-2)16-8-6-7-15(18)10-16/h6-10,19H,4-5,11-12H2,1-3H3. The molecule has 21 heavy (non-hydrogen) atoms. The van der Waals surface area contributed by atoms with E-state index in [-0.39, 0.29) is 5.82 Å². The number of benzene rings is 1. The van der Waals surface area contributed by atoms with E-state index in [1.165, 1.54) is 11.6 Å². The molecule has 0 bridgehead atoms. The molecule has 0 unspecified atom stereocenters. The van der Waals surface area contributed by atoms with Crippen LogP contribution < -0.4 is 10.2 Å². The summed E-state index contributed by atoms with van der Waals surface area (Å²) >= 11 is 0. The molecule has 0 fully saturated rings. The maximum absolute atomic E-state index is 13.4. The summed E-state index contributed by atoms with van der Waals surface area (Å²) in [5.41, 5.74) is 2.06. The van der Waals surface area contributed by atoms with Gasteiger partial charge in [0.15, 0.2) is 0 Å². The number of nitrogens with one attached hydrogen (secondary N) is 1. The van der Waals surface area contributed by atoms with Crippen molar-refractivity contribution in [2.75, 3.05) is 18.0 Å². The Morgan fingerprint density at radius 1 is 1.24 bits per heavy atom. The summed E-state index contributed by atoms with van der Waals surface area (Å²) in [5, 5.41) is 3.30. The lowest BCUT2D eigenvalue weighted by molar-refractivity contribution is 0.475. The Bertz CT molecular complexity index is 580. The van der Waals surface area contributed by atoms with E-state index in [2.05, 4.69) is 30.1 Å². The van der Waals surface area contributed by atoms with E-state index in [1.807, 2.05) is 13.0 Å². The van der Waals surface area contributed by atoms with E-state index in [1.54, 1.807) is 12.1 Å². The van der Waals surface area contributed by atoms with Gasteiger partial charge in [0.05, 0.1) is 6.54 Å². The van der Waals surface area contributed by atoms with Gasteiger partial charge in [-0.05, 0) is 44.7 Å². The first kappa shape index (κ1) is 15.6. The second kappa shape index (κ2) is 7.27. The summed E-state index contributed by atoms with van der Waals surface area (Å²) < 4.78 is 19.2. The monoisotopic (exact) mass is 290 g/mol. The van der Waals surface area contributed by atoms with Gasteiger partial charge in [-0.15, -0.1) is 0 Å². The minimum atomic E-state index is -0.214. The molecular weight excluding hydrogens is 267 g/mol. The Morgan fingerprint density at radius 2 is 2.05 bits per heavy atom. The zero-order chi connectivity index (χ0) is 15.2. The molecule has 0 radical (unpaired) electrons. The second-order valence-electron chi connectivity index (χ2n) is 5.07. The molecule has 1 aromatic heterocycles. The normalized spacial score (nSPS) is 10.9. The predicted molar refractivity (Wildman–Crippen MR) is 83.9 cm³/mol. The quantitative estimate of drug-likeness (QED) is 0.839. The van der Waals surface area contributed by atoms with Crippen LogP contribution in [0.15, 0.2) is 34.7 Å². The highest BCUT2D eigenvalue weighted by Gasteiger charge is 2.11. The zero-order valence-electron chi connectivity index (χ0n) is 12.9. The molecule has 2 rings (SSSR count). The number of anilines is 1. The highest BCUT2D eigenvalue weighted by Crippen LogP contribution is 2.21. The van der Waals surface area contributed by atoms with Gasteiger partial charge >= 0.3 is 0 Å². The van der Waals surface area contributed by atoms with Gasteiger partial charge < -0.3 is 14.6 Å². The Hall–Kier alpha value is -1.81. The van der Waals surface area contributed by atoms with Gasteiger partial charge in [0.25, 0.3) is 0 Å². The molecule has 0 aliphatic carbocycles. The molecule has 1 aromatic carbocycles. The highest BCUT2D eigenvalue weighted by molar-refractivity contribution is 5.46. The van der Waals surface area contributed by atoms with Crippen molar-refractivity contribution in [3.05, 3.63) is 53.2 Å². The summed E-state index contributed by atoms with van der Waals surface area (Å²) in [7, 11) is 0. The SMILES string of the molecule is CCNCc1cc(CN(CC)c2cccc(F)c2)oc1C. The lowest BCUT2D eigenvalue weighted by Gasteiger charge is -2.21. The van der Waals surface area contributed by atoms with Gasteiger partial charge in [0.1, 0.15) is 17.3 Å². The zero-order valence-corrected chi connectivity index (χ0v) is 12.9. The summed E-state index contributed by atoms with van der Waals surface area (Å²) in [6.07, 6.45) is 0. The van der Waals surface area contributed by atoms with Crippen LogP contribution >= 0.6 is 0 Å². The third-order valence-electron chi connectivity index (χ3n) is 3.54. The maximum Gasteiger partial charge on any atom is 0.125 e. The molecule has 2 aromatic rings. The number of hydrogen-bond donors (Lipinski definition) is 1. The summed E-state index contributed by atoms with van der Waals surface area (Å²) in [6.45, 7) is 9.31. The largest absolute Gasteiger partial charge is 0.464 e. The maximum atomic E-state index is 13.4. The average molecular weight is 290 g/mol. The fourth-order valence-corrected chi connectivity index (χ4v) is 2.35. The van der Waals surface area contributed by atoms with E-state index in [0.717, 1.165) is 36.8 Å². The van der Waals surface area contributed by atoms with Crippen LogP contribution in [0, 0.1) is 12.7 Å². The van der Waals surface area contributed by atoms with Crippen molar-refractivity contribution in [1.82, 2.24) is 5.32 Å². The Balaban J connectivity index is 2.11. The first-order chi connectivity index (χ1) is 10.1. The van der Waals surface area contributed by atoms with Gasteiger partial charge in [-0.3, -0.25) is 0 Å². The van der Waals surface area contributed by atoms with Crippen molar-refractivity contribution < 1.29 is 8.81 Å². The highest BCUT2D eigenvalue weighted by atomic mass is 19.1. The second-order valence-corrected chi connectivity index (χ2v) is 5.07. The number of furan rings is 1. The van der Waals surface area contributed by atoms with Crippen LogP contribution in [0.2, 0.25) is 0 Å². The molecule has 0 saturated carbocycles. The lowest BCUT2D eigenvalue weighted by Crippen LogP contribution is -2.21. The van der Waals surface area contributed by atoms with Crippen molar-refractivity contribution >= 4 is 5.69 Å². The number of rotatable bonds is 7. The number of nitrogens with zero attached hydrogens (tertiary/aromatic N) is 1. The third-order valence-corrected chi connectivity index (χ3v) is 3.54. The molecule has 114 valence electrons. The minimum absolute atomic E-state index is 0.214. The fraction of sp³-hybridized carbons (Fsp3) is 0.412. The van der Waals surface area contributed by atoms with Gasteiger partial charge in [-0.1, -0.05) is 13.0 Å². The van der Waals surface area contributed by atoms with Crippen molar-refractivity contribution in [1.29, 1.82) is 0 Å². The average Bonchev–Trinajstić information content (AvgIpc) is 2.82. The van der Waals surface area contributed by atoms with Crippen molar-refractivity contribution in [3.8, 4) is 0 Å². The van der Waals surface area contributed by atoms with E-state index in [9.17, 15) is 4.39 Å². The molecular formula is C17H23FN2O. The Kier molecular flexibility index (Phi) is 5.39. The van der Waals surface area contributed by atoms with E-state index in [4.69, 9.17) is 4.42 Å². The number of halogens is 1. The van der Waals surface area contributed by atoms with Crippen molar-refractivity contribution in [3.63, 3.8) is 0 Å². The molecule has 0 saturated heterocycles. The van der Waals surface area contributed by atoms with Gasteiger partial charge in [0.2, 0.25) is 0 Å². The van der Waals surface area contributed by atoms with E-state index in [0.29, 0.717) is 6.54 Å². The first-order valence-corrected chi connectivity index (χ1v) is 7.43. The summed E-state index contributed by atoms with van der Waals surface area (Å²) in [5.74, 6) is 1.64. The van der Waals surface area contributed by atoms with E-state index >= 15 is 0 Å². The molecule has 0 atom stereocenters. The van der Waals surface area contributed by atoms with Gasteiger partial charge in [0, 0.05) is 24.3 Å². The molecule has 0 aliphatic rings. The van der Waals surface area contributed by atoms with Crippen LogP contribution in [-0.2, 0) is 13.1 Å². The number of hydrogen-bond acceptors (Lipinski definition) is 3. The van der Waals surface area contributed by atoms with Crippen LogP contribution in [0.4, 0.5) is 10.1 Å². The Labute approximate surface area is 125 Å². The molecule has 1 heterocycles. The summed E-state index contributed by atoms with van der Waals surface area (Å²) in [6, 6.07) is 8.75. The third kappa shape index (κ3) is 4.08. The van der Waals surface area contributed by atoms with Gasteiger partial charge in [-0.25, -0.2) is 4.39 Å². The lowest BCUT2D eigenvalue weighted by atomic mass is 10.2. The van der Waals surface area contributed by atoms with Crippen LogP contribution in [-0.4, -0.2) is 13.1 Å². The smallest absolute Gasteiger partial charge is 0.125 e. The van der Waals surface area contributed by atoms with Crippen molar-refractivity contribution in [2.24, 2.45) is 0 Å². The van der Waals surface area contributed by atoms with Crippen LogP contribution in [0.3, 0.4) is 0 Å². The first-order valence-electron chi connectivity index (χ1n) is 7.43. The molecule has 4 heteroatoms. The number of aryl methyl sites for hydroxylation is 1. The molecule has 0 spiro atoms. The minimum Gasteiger partial charge on any atom is -0.464 e. The topological polar surface area (TPSA) is 28.4 Å². The molecule has 3 nitrogen and oxygen atoms in total. The predicted octanol–water partition coefficient (Wildman–Crippen LogP) is 3.86.